The Hall–Kier alpha value is -1.81. The Kier molecular flexibility index (Phi) is 3.90. The summed E-state index contributed by atoms with van der Waals surface area (Å²) < 4.78 is 42.1. The van der Waals surface area contributed by atoms with Gasteiger partial charge in [0, 0.05) is 5.56 Å². The highest BCUT2D eigenvalue weighted by Gasteiger charge is 2.43. The van der Waals surface area contributed by atoms with Crippen LogP contribution in [0.5, 0.6) is 0 Å². The molecule has 2 aromatic carbocycles. The summed E-state index contributed by atoms with van der Waals surface area (Å²) in [5, 5.41) is -0.405. The number of nitrogens with zero attached hydrogens (tertiary/aromatic N) is 1. The van der Waals surface area contributed by atoms with Crippen molar-refractivity contribution in [3.63, 3.8) is 0 Å². The molecule has 0 fully saturated rings. The summed E-state index contributed by atoms with van der Waals surface area (Å²) in [6.45, 7) is 1.41. The molecule has 0 heterocycles. The summed E-state index contributed by atoms with van der Waals surface area (Å²) in [5.41, 5.74) is 0.140. The number of rotatable bonds is 4. The van der Waals surface area contributed by atoms with Crippen LogP contribution in [0.25, 0.3) is 0 Å². The molecule has 0 spiro atoms. The zero-order valence-electron chi connectivity index (χ0n) is 10.4. The van der Waals surface area contributed by atoms with Crippen molar-refractivity contribution in [2.75, 3.05) is 0 Å². The van der Waals surface area contributed by atoms with Crippen LogP contribution in [0.4, 0.5) is 13.3 Å². The molecule has 2 rings (SSSR count). The lowest BCUT2D eigenvalue weighted by molar-refractivity contribution is -0.264. The predicted molar refractivity (Wildman–Crippen MR) is 68.1 cm³/mol. The molecule has 0 bridgehead atoms. The number of hydrogen-bond acceptors (Lipinski definition) is 1. The Bertz CT molecular complexity index is 513. The van der Waals surface area contributed by atoms with Crippen LogP contribution in [-0.2, 0) is 6.05 Å². The molecular weight excluding hydrogens is 251 g/mol. The highest BCUT2D eigenvalue weighted by atomic mass is 19.3. The standard InChI is InChI=1S/C15H14F3N/c1-12(13-8-4-2-5-9-13)19(18)15(16,17)14-10-6-3-7-11-14/h2-12H,1H3. The van der Waals surface area contributed by atoms with Crippen LogP contribution < -0.4 is 0 Å². The van der Waals surface area contributed by atoms with Crippen molar-refractivity contribution in [1.29, 1.82) is 0 Å². The lowest BCUT2D eigenvalue weighted by Gasteiger charge is -2.28. The van der Waals surface area contributed by atoms with Crippen LogP contribution in [0.3, 0.4) is 0 Å². The molecule has 0 aromatic heterocycles. The van der Waals surface area contributed by atoms with Crippen molar-refractivity contribution < 1.29 is 13.3 Å². The molecule has 100 valence electrons. The van der Waals surface area contributed by atoms with Crippen LogP contribution in [0.1, 0.15) is 24.1 Å². The van der Waals surface area contributed by atoms with Gasteiger partial charge in [-0.05, 0) is 12.5 Å². The van der Waals surface area contributed by atoms with Crippen molar-refractivity contribution in [3.8, 4) is 0 Å². The maximum atomic E-state index is 14.0. The molecule has 0 aliphatic carbocycles. The van der Waals surface area contributed by atoms with Crippen molar-refractivity contribution >= 4 is 0 Å². The molecule has 0 aliphatic heterocycles. The molecule has 1 atom stereocenters. The van der Waals surface area contributed by atoms with Crippen molar-refractivity contribution in [1.82, 2.24) is 5.12 Å². The Morgan fingerprint density at radius 2 is 1.37 bits per heavy atom. The molecule has 0 saturated carbocycles. The third-order valence-electron chi connectivity index (χ3n) is 3.01. The summed E-state index contributed by atoms with van der Waals surface area (Å²) in [5.74, 6) is 0. The summed E-state index contributed by atoms with van der Waals surface area (Å²) in [6, 6.07) is 10.7. The van der Waals surface area contributed by atoms with Gasteiger partial charge in [-0.1, -0.05) is 65.8 Å². The summed E-state index contributed by atoms with van der Waals surface area (Å²) in [7, 11) is 0. The van der Waals surface area contributed by atoms with Gasteiger partial charge in [-0.3, -0.25) is 0 Å². The van der Waals surface area contributed by atoms with Gasteiger partial charge in [0.2, 0.25) is 0 Å². The first-order valence-electron chi connectivity index (χ1n) is 5.97. The lowest BCUT2D eigenvalue weighted by Crippen LogP contribution is -2.34. The van der Waals surface area contributed by atoms with E-state index in [0.717, 1.165) is 0 Å². The van der Waals surface area contributed by atoms with E-state index in [0.29, 0.717) is 5.56 Å². The second kappa shape index (κ2) is 5.45. The van der Waals surface area contributed by atoms with Crippen molar-refractivity contribution in [2.24, 2.45) is 0 Å². The third kappa shape index (κ3) is 2.79. The predicted octanol–water partition coefficient (Wildman–Crippen LogP) is 4.68. The average molecular weight is 265 g/mol. The molecule has 0 saturated heterocycles. The molecule has 0 N–H and O–H groups in total. The highest BCUT2D eigenvalue weighted by molar-refractivity contribution is 5.22. The molecular formula is C15H14F3N. The first-order chi connectivity index (χ1) is 9.03. The quantitative estimate of drug-likeness (QED) is 0.573. The van der Waals surface area contributed by atoms with Gasteiger partial charge in [0.1, 0.15) is 0 Å². The Labute approximate surface area is 110 Å². The maximum Gasteiger partial charge on any atom is 0.357 e. The molecule has 0 amide bonds. The van der Waals surface area contributed by atoms with E-state index in [-0.39, 0.29) is 5.56 Å². The molecule has 1 unspecified atom stereocenters. The van der Waals surface area contributed by atoms with E-state index in [1.807, 2.05) is 0 Å². The van der Waals surface area contributed by atoms with Gasteiger partial charge in [0.05, 0.1) is 6.04 Å². The normalized spacial score (nSPS) is 13.5. The van der Waals surface area contributed by atoms with Crippen molar-refractivity contribution in [3.05, 3.63) is 71.8 Å². The van der Waals surface area contributed by atoms with Crippen molar-refractivity contribution in [2.45, 2.75) is 19.0 Å². The van der Waals surface area contributed by atoms with Crippen LogP contribution >= 0.6 is 0 Å². The van der Waals surface area contributed by atoms with E-state index in [9.17, 15) is 13.3 Å². The van der Waals surface area contributed by atoms with Gasteiger partial charge in [0.15, 0.2) is 0 Å². The zero-order chi connectivity index (χ0) is 13.9. The molecule has 2 aromatic rings. The minimum Gasteiger partial charge on any atom is -0.181 e. The fourth-order valence-electron chi connectivity index (χ4n) is 1.87. The van der Waals surface area contributed by atoms with Gasteiger partial charge in [-0.25, -0.2) is 0 Å². The first-order valence-corrected chi connectivity index (χ1v) is 5.97. The Balaban J connectivity index is 2.26. The summed E-state index contributed by atoms with van der Waals surface area (Å²) in [6.07, 6.45) is 0. The lowest BCUT2D eigenvalue weighted by atomic mass is 10.1. The minimum atomic E-state index is -3.66. The fraction of sp³-hybridized carbons (Fsp3) is 0.200. The van der Waals surface area contributed by atoms with Gasteiger partial charge in [-0.15, -0.1) is 4.48 Å². The van der Waals surface area contributed by atoms with E-state index >= 15 is 0 Å². The fourth-order valence-corrected chi connectivity index (χ4v) is 1.87. The van der Waals surface area contributed by atoms with E-state index in [2.05, 4.69) is 0 Å². The SMILES string of the molecule is CC(c1ccccc1)N(F)C(F)(F)c1ccccc1. The molecule has 19 heavy (non-hydrogen) atoms. The third-order valence-corrected chi connectivity index (χ3v) is 3.01. The van der Waals surface area contributed by atoms with Crippen LogP contribution in [0.15, 0.2) is 60.7 Å². The number of alkyl halides is 2. The first kappa shape index (κ1) is 13.6. The van der Waals surface area contributed by atoms with Gasteiger partial charge in [-0.2, -0.15) is 8.78 Å². The number of halogens is 3. The van der Waals surface area contributed by atoms with E-state index in [1.54, 1.807) is 36.4 Å². The van der Waals surface area contributed by atoms with E-state index < -0.39 is 17.2 Å². The van der Waals surface area contributed by atoms with E-state index in [4.69, 9.17) is 0 Å². The summed E-state index contributed by atoms with van der Waals surface area (Å²) in [4.78, 5) is 0. The number of benzene rings is 2. The average Bonchev–Trinajstić information content (AvgIpc) is 2.47. The second-order valence-electron chi connectivity index (χ2n) is 4.31. The van der Waals surface area contributed by atoms with Gasteiger partial charge < -0.3 is 0 Å². The second-order valence-corrected chi connectivity index (χ2v) is 4.31. The number of hydrogen-bond donors (Lipinski definition) is 0. The molecule has 0 aliphatic rings. The zero-order valence-corrected chi connectivity index (χ0v) is 10.4. The minimum absolute atomic E-state index is 0.361. The maximum absolute atomic E-state index is 14.0. The van der Waals surface area contributed by atoms with Crippen LogP contribution in [-0.4, -0.2) is 5.12 Å². The topological polar surface area (TPSA) is 3.24 Å². The molecule has 4 heteroatoms. The Morgan fingerprint density at radius 3 is 1.89 bits per heavy atom. The van der Waals surface area contributed by atoms with Crippen LogP contribution in [0, 0.1) is 0 Å². The van der Waals surface area contributed by atoms with Crippen LogP contribution in [0.2, 0.25) is 0 Å². The van der Waals surface area contributed by atoms with E-state index in [1.165, 1.54) is 31.2 Å². The van der Waals surface area contributed by atoms with Gasteiger partial charge in [0.25, 0.3) is 0 Å². The Morgan fingerprint density at radius 1 is 0.895 bits per heavy atom. The monoisotopic (exact) mass is 265 g/mol. The smallest absolute Gasteiger partial charge is 0.181 e. The highest BCUT2D eigenvalue weighted by Crippen LogP contribution is 2.38. The largest absolute Gasteiger partial charge is 0.357 e. The van der Waals surface area contributed by atoms with Gasteiger partial charge >= 0.3 is 6.05 Å². The molecule has 0 radical (unpaired) electrons. The molecule has 1 nitrogen and oxygen atoms in total. The summed E-state index contributed by atoms with van der Waals surface area (Å²) >= 11 is 0.